The molecule has 2 N–H and O–H groups in total. The van der Waals surface area contributed by atoms with Crippen molar-refractivity contribution in [2.24, 2.45) is 0 Å². The van der Waals surface area contributed by atoms with Crippen LogP contribution in [0.15, 0.2) is 36.1 Å². The van der Waals surface area contributed by atoms with E-state index in [0.717, 1.165) is 30.2 Å². The topological polar surface area (TPSA) is 97.6 Å². The highest BCUT2D eigenvalue weighted by atomic mass is 16.5. The average molecular weight is 448 g/mol. The fourth-order valence-electron chi connectivity index (χ4n) is 5.29. The molecule has 3 unspecified atom stereocenters. The molecule has 2 aliphatic rings. The molecule has 0 fully saturated rings. The van der Waals surface area contributed by atoms with Gasteiger partial charge in [-0.2, -0.15) is 9.97 Å². The van der Waals surface area contributed by atoms with Crippen LogP contribution in [0, 0.1) is 0 Å². The maximum atomic E-state index is 10.7. The second-order valence-corrected chi connectivity index (χ2v) is 8.97. The first-order valence-electron chi connectivity index (χ1n) is 11.5. The molecule has 3 aromatic rings. The summed E-state index contributed by atoms with van der Waals surface area (Å²) in [6.45, 7) is 2.28. The van der Waals surface area contributed by atoms with Gasteiger partial charge in [0.15, 0.2) is 11.6 Å². The molecular weight excluding hydrogens is 418 g/mol. The number of fused-ring (bicyclic) bond motifs is 3. The third-order valence-corrected chi connectivity index (χ3v) is 6.92. The van der Waals surface area contributed by atoms with Crippen molar-refractivity contribution in [3.8, 4) is 17.4 Å². The summed E-state index contributed by atoms with van der Waals surface area (Å²) < 4.78 is 10.7. The van der Waals surface area contributed by atoms with Gasteiger partial charge in [0.2, 0.25) is 0 Å². The fraction of sp³-hybridized carbons (Fsp3) is 0.423. The van der Waals surface area contributed by atoms with E-state index < -0.39 is 6.10 Å². The number of hydrogen-bond donors (Lipinski definition) is 2. The van der Waals surface area contributed by atoms with Gasteiger partial charge in [-0.05, 0) is 53.1 Å². The predicted molar refractivity (Wildman–Crippen MR) is 126 cm³/mol. The Hall–Kier alpha value is -3.03. The molecule has 7 nitrogen and oxygen atoms in total. The number of nitrogens with zero attached hydrogens (tertiary/aromatic N) is 3. The molecule has 0 aliphatic heterocycles. The van der Waals surface area contributed by atoms with Crippen LogP contribution >= 0.6 is 0 Å². The van der Waals surface area contributed by atoms with Gasteiger partial charge in [0.1, 0.15) is 5.76 Å². The van der Waals surface area contributed by atoms with Gasteiger partial charge < -0.3 is 19.7 Å². The highest BCUT2D eigenvalue weighted by Crippen LogP contribution is 2.42. The normalized spacial score (nSPS) is 23.0. The average Bonchev–Trinajstić information content (AvgIpc) is 2.82. The summed E-state index contributed by atoms with van der Waals surface area (Å²) in [5.41, 5.74) is 3.89. The van der Waals surface area contributed by atoms with Crippen molar-refractivity contribution in [1.82, 2.24) is 15.0 Å². The first-order valence-corrected chi connectivity index (χ1v) is 11.5. The van der Waals surface area contributed by atoms with E-state index in [1.807, 2.05) is 6.07 Å². The van der Waals surface area contributed by atoms with Gasteiger partial charge in [0, 0.05) is 25.5 Å². The van der Waals surface area contributed by atoms with Gasteiger partial charge in [0.25, 0.3) is 0 Å². The summed E-state index contributed by atoms with van der Waals surface area (Å²) in [4.78, 5) is 13.7. The molecule has 1 heterocycles. The van der Waals surface area contributed by atoms with E-state index in [-0.39, 0.29) is 23.7 Å². The summed E-state index contributed by atoms with van der Waals surface area (Å²) >= 11 is 0. The Kier molecular flexibility index (Phi) is 5.76. The summed E-state index contributed by atoms with van der Waals surface area (Å²) in [6.07, 6.45) is 2.69. The maximum Gasteiger partial charge on any atom is 0.320 e. The maximum absolute atomic E-state index is 10.7. The minimum atomic E-state index is -0.936. The lowest BCUT2D eigenvalue weighted by atomic mass is 9.78. The number of ether oxygens (including phenoxy) is 2. The van der Waals surface area contributed by atoms with Gasteiger partial charge in [-0.3, -0.25) is 0 Å². The number of benzene rings is 2. The second kappa shape index (κ2) is 8.72. The van der Waals surface area contributed by atoms with E-state index in [9.17, 15) is 10.2 Å². The molecule has 2 aliphatic carbocycles. The van der Waals surface area contributed by atoms with Gasteiger partial charge in [0.05, 0.1) is 24.9 Å². The minimum absolute atomic E-state index is 0.0361. The molecule has 0 saturated heterocycles. The number of aliphatic hydroxyl groups is 2. The monoisotopic (exact) mass is 447 g/mol. The van der Waals surface area contributed by atoms with Crippen LogP contribution in [-0.2, 0) is 11.2 Å². The predicted octanol–water partition coefficient (Wildman–Crippen LogP) is 4.58. The number of aromatic nitrogens is 3. The van der Waals surface area contributed by atoms with E-state index in [1.165, 1.54) is 23.6 Å². The highest BCUT2D eigenvalue weighted by Gasteiger charge is 2.32. The zero-order valence-electron chi connectivity index (χ0n) is 19.2. The third-order valence-electron chi connectivity index (χ3n) is 6.92. The van der Waals surface area contributed by atoms with Crippen LogP contribution in [0.25, 0.3) is 27.7 Å². The Morgan fingerprint density at radius 1 is 1.06 bits per heavy atom. The highest BCUT2D eigenvalue weighted by molar-refractivity contribution is 5.92. The molecule has 0 spiro atoms. The minimum Gasteiger partial charge on any atom is -0.512 e. The quantitative estimate of drug-likeness (QED) is 0.604. The van der Waals surface area contributed by atoms with E-state index in [0.29, 0.717) is 30.2 Å². The van der Waals surface area contributed by atoms with Crippen LogP contribution in [0.4, 0.5) is 0 Å². The van der Waals surface area contributed by atoms with Crippen LogP contribution in [0.5, 0.6) is 6.01 Å². The molecule has 33 heavy (non-hydrogen) atoms. The summed E-state index contributed by atoms with van der Waals surface area (Å²) in [5.74, 6) is 1.21. The Morgan fingerprint density at radius 3 is 2.61 bits per heavy atom. The molecule has 172 valence electrons. The van der Waals surface area contributed by atoms with Crippen molar-refractivity contribution >= 4 is 16.3 Å². The van der Waals surface area contributed by atoms with E-state index in [4.69, 9.17) is 14.5 Å². The summed E-state index contributed by atoms with van der Waals surface area (Å²) in [7, 11) is 3.08. The van der Waals surface area contributed by atoms with Crippen LogP contribution in [0.1, 0.15) is 55.5 Å². The van der Waals surface area contributed by atoms with E-state index in [2.05, 4.69) is 41.2 Å². The van der Waals surface area contributed by atoms with Crippen molar-refractivity contribution < 1.29 is 19.7 Å². The van der Waals surface area contributed by atoms with Gasteiger partial charge in [-0.1, -0.05) is 31.2 Å². The molecular formula is C26H29N3O4. The molecule has 1 aromatic heterocycles. The standard InChI is InChI=1S/C26H29N3O4/c1-14-7-6-10-18-19(11-15-8-4-5-9-17(15)22(14)18)24-27-25(29-26(28-24)33-3)23-20(30)12-16(32-2)13-21(23)31/h4-5,8-9,11,14,16,20,30-31H,6-7,10,12-13H2,1-3H3. The van der Waals surface area contributed by atoms with Crippen molar-refractivity contribution in [1.29, 1.82) is 0 Å². The second-order valence-electron chi connectivity index (χ2n) is 8.97. The Labute approximate surface area is 193 Å². The smallest absolute Gasteiger partial charge is 0.320 e. The zero-order chi connectivity index (χ0) is 23.1. The van der Waals surface area contributed by atoms with E-state index >= 15 is 0 Å². The largest absolute Gasteiger partial charge is 0.512 e. The SMILES string of the molecule is COc1nc(C2=C(O)CC(OC)CC2O)nc(-c2cc3ccccc3c3c2CCCC3C)n1. The molecule has 0 bridgehead atoms. The summed E-state index contributed by atoms with van der Waals surface area (Å²) in [6, 6.07) is 10.7. The van der Waals surface area contributed by atoms with Gasteiger partial charge in [-0.15, -0.1) is 0 Å². The fourth-order valence-corrected chi connectivity index (χ4v) is 5.29. The molecule has 3 atom stereocenters. The lowest BCUT2D eigenvalue weighted by molar-refractivity contribution is 0.0457. The molecule has 5 rings (SSSR count). The van der Waals surface area contributed by atoms with Crippen LogP contribution in [-0.4, -0.2) is 51.6 Å². The molecule has 2 aromatic carbocycles. The Bertz CT molecular complexity index is 1240. The zero-order valence-corrected chi connectivity index (χ0v) is 19.2. The molecule has 0 radical (unpaired) electrons. The third kappa shape index (κ3) is 3.85. The van der Waals surface area contributed by atoms with Crippen molar-refractivity contribution in [3.63, 3.8) is 0 Å². The number of rotatable bonds is 4. The van der Waals surface area contributed by atoms with Gasteiger partial charge >= 0.3 is 6.01 Å². The molecule has 0 saturated carbocycles. The van der Waals surface area contributed by atoms with Crippen molar-refractivity contribution in [2.75, 3.05) is 14.2 Å². The molecule has 7 heteroatoms. The van der Waals surface area contributed by atoms with E-state index in [1.54, 1.807) is 7.11 Å². The van der Waals surface area contributed by atoms with Crippen LogP contribution < -0.4 is 4.74 Å². The first kappa shape index (κ1) is 21.8. The number of methoxy groups -OCH3 is 2. The van der Waals surface area contributed by atoms with Gasteiger partial charge in [-0.25, -0.2) is 4.98 Å². The van der Waals surface area contributed by atoms with Crippen LogP contribution in [0.2, 0.25) is 0 Å². The Balaban J connectivity index is 1.72. The Morgan fingerprint density at radius 2 is 1.85 bits per heavy atom. The summed E-state index contributed by atoms with van der Waals surface area (Å²) in [5, 5.41) is 23.9. The number of aliphatic hydroxyl groups excluding tert-OH is 2. The molecule has 0 amide bonds. The number of hydrogen-bond acceptors (Lipinski definition) is 7. The first-order chi connectivity index (χ1) is 16.0. The lowest BCUT2D eigenvalue weighted by Gasteiger charge is -2.28. The van der Waals surface area contributed by atoms with Crippen molar-refractivity contribution in [2.45, 2.75) is 57.2 Å². The lowest BCUT2D eigenvalue weighted by Crippen LogP contribution is -2.28. The van der Waals surface area contributed by atoms with Crippen molar-refractivity contribution in [3.05, 3.63) is 53.0 Å². The van der Waals surface area contributed by atoms with Crippen LogP contribution in [0.3, 0.4) is 0 Å².